The van der Waals surface area contributed by atoms with Crippen molar-refractivity contribution in [2.24, 2.45) is 5.29 Å². The molecule has 116 valence electrons. The quantitative estimate of drug-likeness (QED) is 0.185. The number of carbonyl (C=O) groups is 2. The van der Waals surface area contributed by atoms with Gasteiger partial charge in [-0.05, 0) is 7.05 Å². The molecular formula is C12H18ClN4O4+. The Morgan fingerprint density at radius 1 is 1.62 bits per heavy atom. The summed E-state index contributed by atoms with van der Waals surface area (Å²) in [6, 6.07) is -0.674. The number of nitroso groups, excluding NO2 is 1. The van der Waals surface area contributed by atoms with Crippen LogP contribution in [0.4, 0.5) is 4.79 Å². The molecule has 0 aromatic carbocycles. The van der Waals surface area contributed by atoms with Crippen LogP contribution >= 0.6 is 11.6 Å². The zero-order chi connectivity index (χ0) is 15.7. The molecule has 21 heavy (non-hydrogen) atoms. The predicted octanol–water partition coefficient (Wildman–Crippen LogP) is 0.537. The van der Waals surface area contributed by atoms with Crippen LogP contribution in [0.1, 0.15) is 0 Å². The molecule has 0 bridgehead atoms. The standard InChI is InChI=1S/C12H17ClN4O4/c1-16-6-2-3-10(9-16)11(18)21-8-5-14-12(19)17(15-20)7-4-13/h2-3H,4-9H2,1H3/p+1. The Morgan fingerprint density at radius 3 is 3.00 bits per heavy atom. The number of alkyl halides is 1. The molecule has 0 aliphatic carbocycles. The third-order valence-electron chi connectivity index (χ3n) is 2.68. The van der Waals surface area contributed by atoms with Crippen molar-refractivity contribution in [3.05, 3.63) is 23.0 Å². The lowest BCUT2D eigenvalue weighted by Gasteiger charge is -2.15. The summed E-state index contributed by atoms with van der Waals surface area (Å²) in [4.78, 5) is 35.5. The van der Waals surface area contributed by atoms with Gasteiger partial charge in [0.15, 0.2) is 5.57 Å². The average molecular weight is 318 g/mol. The molecule has 0 radical (unpaired) electrons. The van der Waals surface area contributed by atoms with Gasteiger partial charge in [0.25, 0.3) is 0 Å². The minimum absolute atomic E-state index is 0.0131. The number of hydrogen-bond acceptors (Lipinski definition) is 6. The first kappa shape index (κ1) is 17.3. The molecule has 0 spiro atoms. The maximum absolute atomic E-state index is 11.7. The Labute approximate surface area is 128 Å². The van der Waals surface area contributed by atoms with Gasteiger partial charge in [-0.2, -0.15) is 5.01 Å². The summed E-state index contributed by atoms with van der Waals surface area (Å²) >= 11 is 5.42. The number of likely N-dealkylation sites (N-methyl/N-ethyl adjacent to an activating group) is 1. The van der Waals surface area contributed by atoms with Crippen molar-refractivity contribution in [3.63, 3.8) is 0 Å². The molecule has 9 heteroatoms. The highest BCUT2D eigenvalue weighted by molar-refractivity contribution is 6.18. The first-order valence-corrected chi connectivity index (χ1v) is 6.94. The van der Waals surface area contributed by atoms with E-state index in [1.165, 1.54) is 0 Å². The van der Waals surface area contributed by atoms with Crippen LogP contribution < -0.4 is 5.32 Å². The molecule has 1 aliphatic heterocycles. The van der Waals surface area contributed by atoms with Crippen molar-refractivity contribution in [2.75, 3.05) is 45.7 Å². The van der Waals surface area contributed by atoms with Crippen LogP contribution in [0.15, 0.2) is 16.9 Å². The van der Waals surface area contributed by atoms with Crippen LogP contribution in [0, 0.1) is 11.3 Å². The maximum atomic E-state index is 11.7. The lowest BCUT2D eigenvalue weighted by atomic mass is 10.1. The second-order valence-electron chi connectivity index (χ2n) is 4.39. The van der Waals surface area contributed by atoms with Gasteiger partial charge in [0.1, 0.15) is 19.2 Å². The number of ether oxygens (including phenoxy) is 1. The van der Waals surface area contributed by atoms with Crippen molar-refractivity contribution >= 4 is 23.6 Å². The SMILES string of the molecule is CN1C[CH+]C=C(C(=O)OCCNC(=O)N(CCCl)N=O)C1. The maximum Gasteiger partial charge on any atom is 0.420 e. The Hall–Kier alpha value is -1.80. The fraction of sp³-hybridized carbons (Fsp3) is 0.583. The van der Waals surface area contributed by atoms with E-state index in [2.05, 4.69) is 10.6 Å². The number of rotatable bonds is 7. The van der Waals surface area contributed by atoms with Gasteiger partial charge in [-0.3, -0.25) is 4.90 Å². The zero-order valence-electron chi connectivity index (χ0n) is 11.7. The second kappa shape index (κ2) is 9.19. The minimum Gasteiger partial charge on any atom is -0.445 e. The molecule has 1 N–H and O–H groups in total. The molecule has 0 saturated heterocycles. The van der Waals surface area contributed by atoms with Crippen LogP contribution in [0.3, 0.4) is 0 Å². The van der Waals surface area contributed by atoms with Gasteiger partial charge in [-0.15, -0.1) is 16.5 Å². The summed E-state index contributed by atoms with van der Waals surface area (Å²) in [6.45, 7) is 1.44. The van der Waals surface area contributed by atoms with Crippen molar-refractivity contribution in [2.45, 2.75) is 0 Å². The smallest absolute Gasteiger partial charge is 0.420 e. The highest BCUT2D eigenvalue weighted by atomic mass is 35.5. The largest absolute Gasteiger partial charge is 0.445 e. The molecule has 2 amide bonds. The van der Waals surface area contributed by atoms with E-state index in [1.54, 1.807) is 6.08 Å². The Bertz CT molecular complexity index is 416. The molecule has 0 aromatic rings. The summed E-state index contributed by atoms with van der Waals surface area (Å²) < 4.78 is 5.03. The van der Waals surface area contributed by atoms with Crippen LogP contribution in [-0.4, -0.2) is 67.6 Å². The molecular weight excluding hydrogens is 300 g/mol. The average Bonchev–Trinajstić information content (AvgIpc) is 2.48. The van der Waals surface area contributed by atoms with Gasteiger partial charge >= 0.3 is 12.0 Å². The zero-order valence-corrected chi connectivity index (χ0v) is 12.5. The lowest BCUT2D eigenvalue weighted by Crippen LogP contribution is -2.39. The number of nitrogens with one attached hydrogen (secondary N) is 1. The number of carbonyl (C=O) groups excluding carboxylic acids is 2. The highest BCUT2D eigenvalue weighted by Gasteiger charge is 2.25. The monoisotopic (exact) mass is 317 g/mol. The third-order valence-corrected chi connectivity index (χ3v) is 2.85. The van der Waals surface area contributed by atoms with Crippen LogP contribution in [-0.2, 0) is 9.53 Å². The van der Waals surface area contributed by atoms with E-state index in [-0.39, 0.29) is 25.6 Å². The van der Waals surface area contributed by atoms with Gasteiger partial charge in [-0.1, -0.05) is 0 Å². The van der Waals surface area contributed by atoms with E-state index in [0.29, 0.717) is 17.1 Å². The third kappa shape index (κ3) is 6.01. The Kier molecular flexibility index (Phi) is 7.55. The molecule has 0 atom stereocenters. The number of nitrogens with zero attached hydrogens (tertiary/aromatic N) is 3. The molecule has 8 nitrogen and oxygen atoms in total. The molecule has 1 heterocycles. The summed E-state index contributed by atoms with van der Waals surface area (Å²) in [5, 5.41) is 5.61. The number of esters is 1. The lowest BCUT2D eigenvalue weighted by molar-refractivity contribution is -0.139. The predicted molar refractivity (Wildman–Crippen MR) is 77.5 cm³/mol. The van der Waals surface area contributed by atoms with E-state index >= 15 is 0 Å². The second-order valence-corrected chi connectivity index (χ2v) is 4.76. The number of urea groups is 1. The van der Waals surface area contributed by atoms with Gasteiger partial charge in [0.05, 0.1) is 31.3 Å². The van der Waals surface area contributed by atoms with Gasteiger partial charge in [0.2, 0.25) is 0 Å². The van der Waals surface area contributed by atoms with E-state index in [1.807, 2.05) is 18.4 Å². The molecule has 0 unspecified atom stereocenters. The first-order valence-electron chi connectivity index (χ1n) is 6.41. The van der Waals surface area contributed by atoms with E-state index in [4.69, 9.17) is 16.3 Å². The summed E-state index contributed by atoms with van der Waals surface area (Å²) in [7, 11) is 1.90. The van der Waals surface area contributed by atoms with Crippen molar-refractivity contribution < 1.29 is 14.3 Å². The normalized spacial score (nSPS) is 14.7. The summed E-state index contributed by atoms with van der Waals surface area (Å²) in [5.74, 6) is -0.315. The van der Waals surface area contributed by atoms with E-state index in [0.717, 1.165) is 6.54 Å². The van der Waals surface area contributed by atoms with Gasteiger partial charge in [0, 0.05) is 5.88 Å². The summed E-state index contributed by atoms with van der Waals surface area (Å²) in [5.41, 5.74) is 0.563. The summed E-state index contributed by atoms with van der Waals surface area (Å²) in [6.07, 6.45) is 3.61. The van der Waals surface area contributed by atoms with Crippen LogP contribution in [0.25, 0.3) is 0 Å². The van der Waals surface area contributed by atoms with Crippen LogP contribution in [0.2, 0.25) is 0 Å². The van der Waals surface area contributed by atoms with Gasteiger partial charge in [-0.25, -0.2) is 9.59 Å². The number of amides is 2. The minimum atomic E-state index is -0.674. The van der Waals surface area contributed by atoms with Crippen molar-refractivity contribution in [1.29, 1.82) is 0 Å². The van der Waals surface area contributed by atoms with Crippen molar-refractivity contribution in [3.8, 4) is 0 Å². The first-order chi connectivity index (χ1) is 10.1. The molecule has 0 saturated carbocycles. The van der Waals surface area contributed by atoms with Gasteiger partial charge < -0.3 is 10.1 Å². The molecule has 0 fully saturated rings. The number of halogens is 1. The van der Waals surface area contributed by atoms with Crippen molar-refractivity contribution in [1.82, 2.24) is 15.2 Å². The molecule has 0 aromatic heterocycles. The van der Waals surface area contributed by atoms with Crippen LogP contribution in [0.5, 0.6) is 0 Å². The topological polar surface area (TPSA) is 91.3 Å². The molecule has 1 aliphatic rings. The van der Waals surface area contributed by atoms with E-state index < -0.39 is 12.0 Å². The Morgan fingerprint density at radius 2 is 2.38 bits per heavy atom. The Balaban J connectivity index is 2.24. The highest BCUT2D eigenvalue weighted by Crippen LogP contribution is 2.08. The molecule has 1 rings (SSSR count). The fourth-order valence-electron chi connectivity index (χ4n) is 1.66. The fourth-order valence-corrected chi connectivity index (χ4v) is 1.82. The number of hydrogen-bond donors (Lipinski definition) is 1. The van der Waals surface area contributed by atoms with E-state index in [9.17, 15) is 14.5 Å².